The highest BCUT2D eigenvalue weighted by molar-refractivity contribution is 5.96. The van der Waals surface area contributed by atoms with Crippen LogP contribution in [0.25, 0.3) is 10.9 Å². The quantitative estimate of drug-likeness (QED) is 0.770. The van der Waals surface area contributed by atoms with Gasteiger partial charge in [0.05, 0.1) is 17.8 Å². The predicted molar refractivity (Wildman–Crippen MR) is 82.3 cm³/mol. The summed E-state index contributed by atoms with van der Waals surface area (Å²) in [7, 11) is 0. The van der Waals surface area contributed by atoms with Gasteiger partial charge in [-0.3, -0.25) is 9.78 Å². The summed E-state index contributed by atoms with van der Waals surface area (Å²) < 4.78 is 0. The molecule has 1 aliphatic heterocycles. The molecule has 6 heteroatoms. The van der Waals surface area contributed by atoms with Gasteiger partial charge < -0.3 is 10.6 Å². The Bertz CT molecular complexity index is 877. The molecule has 0 unspecified atom stereocenters. The molecule has 0 fully saturated rings. The Kier molecular flexibility index (Phi) is 2.93. The van der Waals surface area contributed by atoms with Crippen LogP contribution in [0.2, 0.25) is 0 Å². The molecule has 0 saturated carbocycles. The van der Waals surface area contributed by atoms with E-state index in [1.54, 1.807) is 6.20 Å². The van der Waals surface area contributed by atoms with Crippen molar-refractivity contribution in [1.82, 2.24) is 20.3 Å². The zero-order valence-corrected chi connectivity index (χ0v) is 11.7. The summed E-state index contributed by atoms with van der Waals surface area (Å²) in [6, 6.07) is 12.0. The van der Waals surface area contributed by atoms with Gasteiger partial charge in [0.15, 0.2) is 0 Å². The molecule has 1 amide bonds. The summed E-state index contributed by atoms with van der Waals surface area (Å²) in [6.07, 6.45) is 1.68. The van der Waals surface area contributed by atoms with Crippen LogP contribution < -0.4 is 10.6 Å². The first-order valence-electron chi connectivity index (χ1n) is 7.02. The molecule has 1 aromatic carbocycles. The Labute approximate surface area is 126 Å². The molecule has 108 valence electrons. The molecule has 1 aliphatic rings. The number of fused-ring (bicyclic) bond motifs is 2. The molecule has 22 heavy (non-hydrogen) atoms. The Morgan fingerprint density at radius 2 is 2.05 bits per heavy atom. The van der Waals surface area contributed by atoms with Gasteiger partial charge in [-0.15, -0.1) is 0 Å². The van der Waals surface area contributed by atoms with Crippen LogP contribution >= 0.6 is 0 Å². The number of amides is 1. The van der Waals surface area contributed by atoms with E-state index < -0.39 is 0 Å². The second-order valence-electron chi connectivity index (χ2n) is 5.10. The van der Waals surface area contributed by atoms with Crippen molar-refractivity contribution in [3.05, 3.63) is 59.5 Å². The molecule has 0 saturated heterocycles. The smallest absolute Gasteiger partial charge is 0.270 e. The van der Waals surface area contributed by atoms with Gasteiger partial charge in [-0.25, -0.2) is 9.97 Å². The van der Waals surface area contributed by atoms with Gasteiger partial charge in [0.2, 0.25) is 5.95 Å². The molecule has 2 N–H and O–H groups in total. The topological polar surface area (TPSA) is 79.8 Å². The van der Waals surface area contributed by atoms with E-state index >= 15 is 0 Å². The number of benzene rings is 1. The van der Waals surface area contributed by atoms with Crippen LogP contribution in [0.5, 0.6) is 0 Å². The second kappa shape index (κ2) is 5.07. The largest absolute Gasteiger partial charge is 0.349 e. The maximum atomic E-state index is 11.6. The number of nitrogens with zero attached hydrogens (tertiary/aromatic N) is 3. The number of hydrogen-bond acceptors (Lipinski definition) is 5. The average Bonchev–Trinajstić information content (AvgIpc) is 2.93. The van der Waals surface area contributed by atoms with E-state index in [9.17, 15) is 4.79 Å². The number of carbonyl (C=O) groups excluding carboxylic acids is 1. The number of carbonyl (C=O) groups is 1. The second-order valence-corrected chi connectivity index (χ2v) is 5.10. The highest BCUT2D eigenvalue weighted by Gasteiger charge is 2.21. The normalized spacial score (nSPS) is 13.0. The number of aromatic nitrogens is 3. The molecule has 6 nitrogen and oxygen atoms in total. The van der Waals surface area contributed by atoms with Crippen LogP contribution in [-0.2, 0) is 13.1 Å². The minimum Gasteiger partial charge on any atom is -0.349 e. The SMILES string of the molecule is O=C1NCc2cnc(NCc3ccc4ccccc4n3)nc21. The third-order valence-electron chi connectivity index (χ3n) is 3.60. The first-order chi connectivity index (χ1) is 10.8. The lowest BCUT2D eigenvalue weighted by Crippen LogP contribution is -2.14. The Morgan fingerprint density at radius 1 is 1.14 bits per heavy atom. The maximum Gasteiger partial charge on any atom is 0.270 e. The summed E-state index contributed by atoms with van der Waals surface area (Å²) >= 11 is 0. The zero-order valence-electron chi connectivity index (χ0n) is 11.7. The first-order valence-corrected chi connectivity index (χ1v) is 7.02. The van der Waals surface area contributed by atoms with E-state index in [2.05, 4.69) is 25.6 Å². The first kappa shape index (κ1) is 12.7. The lowest BCUT2D eigenvalue weighted by Gasteiger charge is -2.06. The minimum atomic E-state index is -0.149. The molecule has 3 heterocycles. The molecular formula is C16H13N5O. The van der Waals surface area contributed by atoms with Crippen molar-refractivity contribution in [3.63, 3.8) is 0 Å². The Hall–Kier alpha value is -3.02. The summed E-state index contributed by atoms with van der Waals surface area (Å²) in [5.41, 5.74) is 3.13. The van der Waals surface area contributed by atoms with Gasteiger partial charge in [-0.05, 0) is 12.1 Å². The number of anilines is 1. The lowest BCUT2D eigenvalue weighted by atomic mass is 10.2. The number of rotatable bonds is 3. The molecule has 0 aliphatic carbocycles. The van der Waals surface area contributed by atoms with Gasteiger partial charge in [0.25, 0.3) is 5.91 Å². The molecular weight excluding hydrogens is 278 g/mol. The van der Waals surface area contributed by atoms with Crippen LogP contribution in [0.1, 0.15) is 21.7 Å². The summed E-state index contributed by atoms with van der Waals surface area (Å²) in [5, 5.41) is 6.94. The highest BCUT2D eigenvalue weighted by Crippen LogP contribution is 2.15. The van der Waals surface area contributed by atoms with Crippen LogP contribution in [0, 0.1) is 0 Å². The van der Waals surface area contributed by atoms with Crippen molar-refractivity contribution in [1.29, 1.82) is 0 Å². The third-order valence-corrected chi connectivity index (χ3v) is 3.60. The van der Waals surface area contributed by atoms with Gasteiger partial charge in [-0.2, -0.15) is 0 Å². The van der Waals surface area contributed by atoms with E-state index in [1.165, 1.54) is 0 Å². The van der Waals surface area contributed by atoms with Crippen molar-refractivity contribution in [2.45, 2.75) is 13.1 Å². The molecule has 0 radical (unpaired) electrons. The van der Waals surface area contributed by atoms with Crippen LogP contribution in [0.4, 0.5) is 5.95 Å². The summed E-state index contributed by atoms with van der Waals surface area (Å²) in [5.74, 6) is 0.287. The third kappa shape index (κ3) is 2.24. The monoisotopic (exact) mass is 291 g/mol. The summed E-state index contributed by atoms with van der Waals surface area (Å²) in [6.45, 7) is 1.01. The fourth-order valence-corrected chi connectivity index (χ4v) is 2.45. The Morgan fingerprint density at radius 3 is 3.00 bits per heavy atom. The van der Waals surface area contributed by atoms with Crippen LogP contribution in [-0.4, -0.2) is 20.9 Å². The zero-order chi connectivity index (χ0) is 14.9. The van der Waals surface area contributed by atoms with E-state index in [4.69, 9.17) is 0 Å². The van der Waals surface area contributed by atoms with Crippen molar-refractivity contribution < 1.29 is 4.79 Å². The van der Waals surface area contributed by atoms with Crippen molar-refractivity contribution >= 4 is 22.8 Å². The summed E-state index contributed by atoms with van der Waals surface area (Å²) in [4.78, 5) is 24.6. The van der Waals surface area contributed by atoms with E-state index in [1.807, 2.05) is 36.4 Å². The number of nitrogens with one attached hydrogen (secondary N) is 2. The standard InChI is InChI=1S/C16H13N5O/c22-15-14-11(7-17-15)8-18-16(21-14)19-9-12-6-5-10-3-1-2-4-13(10)20-12/h1-6,8H,7,9H2,(H,17,22)(H,18,19,21). The number of para-hydroxylation sites is 1. The molecule has 3 aromatic rings. The lowest BCUT2D eigenvalue weighted by molar-refractivity contribution is 0.0961. The molecule has 4 rings (SSSR count). The van der Waals surface area contributed by atoms with E-state index in [0.717, 1.165) is 22.2 Å². The van der Waals surface area contributed by atoms with Gasteiger partial charge in [-0.1, -0.05) is 24.3 Å². The van der Waals surface area contributed by atoms with Crippen LogP contribution in [0.15, 0.2) is 42.6 Å². The molecule has 2 aromatic heterocycles. The number of pyridine rings is 1. The minimum absolute atomic E-state index is 0.149. The van der Waals surface area contributed by atoms with E-state index in [-0.39, 0.29) is 5.91 Å². The van der Waals surface area contributed by atoms with Gasteiger partial charge >= 0.3 is 0 Å². The van der Waals surface area contributed by atoms with Crippen molar-refractivity contribution in [2.24, 2.45) is 0 Å². The molecule has 0 spiro atoms. The fourth-order valence-electron chi connectivity index (χ4n) is 2.45. The maximum absolute atomic E-state index is 11.6. The van der Waals surface area contributed by atoms with Gasteiger partial charge in [0.1, 0.15) is 5.69 Å². The van der Waals surface area contributed by atoms with Crippen molar-refractivity contribution in [3.8, 4) is 0 Å². The molecule has 0 atom stereocenters. The molecule has 0 bridgehead atoms. The van der Waals surface area contributed by atoms with E-state index in [0.29, 0.717) is 24.7 Å². The fraction of sp³-hybridized carbons (Fsp3) is 0.125. The highest BCUT2D eigenvalue weighted by atomic mass is 16.2. The predicted octanol–water partition coefficient (Wildman–Crippen LogP) is 1.88. The van der Waals surface area contributed by atoms with Crippen LogP contribution in [0.3, 0.4) is 0 Å². The van der Waals surface area contributed by atoms with Crippen molar-refractivity contribution in [2.75, 3.05) is 5.32 Å². The van der Waals surface area contributed by atoms with Gasteiger partial charge in [0, 0.05) is 23.7 Å². The average molecular weight is 291 g/mol. The Balaban J connectivity index is 1.54. The number of hydrogen-bond donors (Lipinski definition) is 2.